The zero-order chi connectivity index (χ0) is 14.0. The molecule has 0 radical (unpaired) electrons. The van der Waals surface area contributed by atoms with Crippen LogP contribution in [0.2, 0.25) is 0 Å². The summed E-state index contributed by atoms with van der Waals surface area (Å²) in [6, 6.07) is 4.56. The van der Waals surface area contributed by atoms with E-state index in [4.69, 9.17) is 9.15 Å². The maximum absolute atomic E-state index is 12.0. The number of halogens is 2. The molecule has 1 aromatic carbocycles. The second-order valence-electron chi connectivity index (χ2n) is 3.77. The van der Waals surface area contributed by atoms with Crippen LogP contribution in [0.15, 0.2) is 31.9 Å². The van der Waals surface area contributed by atoms with Crippen molar-refractivity contribution < 1.29 is 13.9 Å². The molecule has 1 heterocycles. The van der Waals surface area contributed by atoms with E-state index in [2.05, 4.69) is 31.9 Å². The molecule has 6 heteroatoms. The fourth-order valence-corrected chi connectivity index (χ4v) is 2.95. The van der Waals surface area contributed by atoms with Crippen LogP contribution in [0.4, 0.5) is 0 Å². The first-order valence-electron chi connectivity index (χ1n) is 5.56. The number of alkyl halides is 1. The van der Waals surface area contributed by atoms with Crippen molar-refractivity contribution in [1.29, 1.82) is 0 Å². The Morgan fingerprint density at radius 1 is 1.37 bits per heavy atom. The van der Waals surface area contributed by atoms with E-state index in [1.54, 1.807) is 19.1 Å². The minimum absolute atomic E-state index is 0.0813. The first-order chi connectivity index (χ1) is 9.06. The van der Waals surface area contributed by atoms with Crippen molar-refractivity contribution in [2.24, 2.45) is 0 Å². The topological polar surface area (TPSA) is 56.5 Å². The van der Waals surface area contributed by atoms with Crippen molar-refractivity contribution in [3.63, 3.8) is 0 Å². The Labute approximate surface area is 126 Å². The van der Waals surface area contributed by atoms with Crippen molar-refractivity contribution in [1.82, 2.24) is 0 Å². The third kappa shape index (κ3) is 2.90. The summed E-state index contributed by atoms with van der Waals surface area (Å²) in [4.78, 5) is 23.5. The third-order valence-electron chi connectivity index (χ3n) is 2.52. The van der Waals surface area contributed by atoms with Crippen molar-refractivity contribution in [3.8, 4) is 0 Å². The highest BCUT2D eigenvalue weighted by atomic mass is 79.9. The van der Waals surface area contributed by atoms with Gasteiger partial charge < -0.3 is 9.15 Å². The van der Waals surface area contributed by atoms with Gasteiger partial charge in [-0.05, 0) is 24.6 Å². The monoisotopic (exact) mass is 388 g/mol. The molecule has 0 saturated heterocycles. The van der Waals surface area contributed by atoms with Crippen LogP contribution in [-0.4, -0.2) is 12.6 Å². The molecule has 0 aliphatic rings. The van der Waals surface area contributed by atoms with E-state index in [1.807, 2.05) is 0 Å². The molecule has 4 nitrogen and oxygen atoms in total. The lowest BCUT2D eigenvalue weighted by molar-refractivity contribution is 0.0490. The van der Waals surface area contributed by atoms with Crippen molar-refractivity contribution in [2.45, 2.75) is 12.3 Å². The van der Waals surface area contributed by atoms with Gasteiger partial charge in [-0.1, -0.05) is 31.9 Å². The lowest BCUT2D eigenvalue weighted by Gasteiger charge is -2.05. The molecule has 0 aliphatic heterocycles. The summed E-state index contributed by atoms with van der Waals surface area (Å²) in [5.74, 6) is -0.716. The second kappa shape index (κ2) is 5.88. The maximum Gasteiger partial charge on any atom is 0.374 e. The number of carbonyl (C=O) groups excluding carboxylic acids is 1. The summed E-state index contributed by atoms with van der Waals surface area (Å²) < 4.78 is 11.1. The van der Waals surface area contributed by atoms with E-state index in [0.29, 0.717) is 16.3 Å². The predicted octanol–water partition coefficient (Wildman–Crippen LogP) is 3.63. The van der Waals surface area contributed by atoms with Crippen LogP contribution in [0, 0.1) is 0 Å². The minimum atomic E-state index is -0.634. The summed E-state index contributed by atoms with van der Waals surface area (Å²) in [7, 11) is 0. The Balaban J connectivity index is 2.65. The SMILES string of the molecule is CCOC(=O)c1cc(=O)c2cc(Br)c(CBr)cc2o1. The Kier molecular flexibility index (Phi) is 4.42. The summed E-state index contributed by atoms with van der Waals surface area (Å²) in [6.07, 6.45) is 0. The highest BCUT2D eigenvalue weighted by Crippen LogP contribution is 2.25. The number of hydrogen-bond donors (Lipinski definition) is 0. The van der Waals surface area contributed by atoms with Gasteiger partial charge >= 0.3 is 5.97 Å². The molecule has 2 rings (SSSR count). The predicted molar refractivity (Wildman–Crippen MR) is 78.8 cm³/mol. The molecule has 0 N–H and O–H groups in total. The van der Waals surface area contributed by atoms with Crippen molar-refractivity contribution in [2.75, 3.05) is 6.61 Å². The second-order valence-corrected chi connectivity index (χ2v) is 5.18. The summed E-state index contributed by atoms with van der Waals surface area (Å²) in [5.41, 5.74) is 1.02. The molecule has 0 amide bonds. The fraction of sp³-hybridized carbons (Fsp3) is 0.231. The van der Waals surface area contributed by atoms with E-state index < -0.39 is 5.97 Å². The van der Waals surface area contributed by atoms with Crippen molar-refractivity contribution >= 4 is 48.8 Å². The zero-order valence-electron chi connectivity index (χ0n) is 10.0. The van der Waals surface area contributed by atoms with Gasteiger partial charge in [0, 0.05) is 15.9 Å². The Hall–Kier alpha value is -1.14. The summed E-state index contributed by atoms with van der Waals surface area (Å²) in [5, 5.41) is 1.03. The summed E-state index contributed by atoms with van der Waals surface area (Å²) in [6.45, 7) is 1.92. The van der Waals surface area contributed by atoms with Crippen LogP contribution in [0.25, 0.3) is 11.0 Å². The molecule has 0 bridgehead atoms. The van der Waals surface area contributed by atoms with Gasteiger partial charge in [0.25, 0.3) is 0 Å². The van der Waals surface area contributed by atoms with Gasteiger partial charge in [-0.15, -0.1) is 0 Å². The average Bonchev–Trinajstić information content (AvgIpc) is 2.39. The molecule has 0 unspecified atom stereocenters. The van der Waals surface area contributed by atoms with E-state index in [1.165, 1.54) is 0 Å². The molecule has 0 fully saturated rings. The Morgan fingerprint density at radius 3 is 2.74 bits per heavy atom. The van der Waals surface area contributed by atoms with Crippen LogP contribution in [0.1, 0.15) is 23.0 Å². The Morgan fingerprint density at radius 2 is 2.11 bits per heavy atom. The summed E-state index contributed by atoms with van der Waals surface area (Å²) >= 11 is 6.73. The quantitative estimate of drug-likeness (QED) is 0.594. The molecular formula is C13H10Br2O4. The number of hydrogen-bond acceptors (Lipinski definition) is 4. The molecule has 19 heavy (non-hydrogen) atoms. The van der Waals surface area contributed by atoms with Gasteiger partial charge in [0.05, 0.1) is 12.0 Å². The Bertz CT molecular complexity index is 691. The number of esters is 1. The van der Waals surface area contributed by atoms with E-state index in [0.717, 1.165) is 16.1 Å². The average molecular weight is 390 g/mol. The molecule has 2 aromatic rings. The largest absolute Gasteiger partial charge is 0.460 e. The molecule has 1 aromatic heterocycles. The van der Waals surface area contributed by atoms with Crippen LogP contribution < -0.4 is 5.43 Å². The molecule has 0 atom stereocenters. The number of benzene rings is 1. The van der Waals surface area contributed by atoms with Crippen LogP contribution in [0.5, 0.6) is 0 Å². The van der Waals surface area contributed by atoms with Crippen LogP contribution >= 0.6 is 31.9 Å². The molecule has 100 valence electrons. The van der Waals surface area contributed by atoms with E-state index in [9.17, 15) is 9.59 Å². The van der Waals surface area contributed by atoms with Crippen LogP contribution in [-0.2, 0) is 10.1 Å². The lowest BCUT2D eigenvalue weighted by Crippen LogP contribution is -2.10. The molecule has 0 spiro atoms. The molecule has 0 saturated carbocycles. The molecular weight excluding hydrogens is 380 g/mol. The van der Waals surface area contributed by atoms with Gasteiger partial charge in [0.15, 0.2) is 5.43 Å². The zero-order valence-corrected chi connectivity index (χ0v) is 13.2. The normalized spacial score (nSPS) is 10.7. The maximum atomic E-state index is 12.0. The smallest absolute Gasteiger partial charge is 0.374 e. The van der Waals surface area contributed by atoms with Gasteiger partial charge in [0.2, 0.25) is 5.76 Å². The minimum Gasteiger partial charge on any atom is -0.460 e. The standard InChI is InChI=1S/C13H10Br2O4/c1-2-18-13(17)12-5-10(16)8-4-9(15)7(6-14)3-11(8)19-12/h3-5H,2,6H2,1H3. The van der Waals surface area contributed by atoms with E-state index in [-0.39, 0.29) is 17.8 Å². The first kappa shape index (κ1) is 14.3. The fourth-order valence-electron chi connectivity index (χ4n) is 1.62. The number of ether oxygens (including phenoxy) is 1. The highest BCUT2D eigenvalue weighted by molar-refractivity contribution is 9.10. The van der Waals surface area contributed by atoms with Crippen LogP contribution in [0.3, 0.4) is 0 Å². The number of fused-ring (bicyclic) bond motifs is 1. The van der Waals surface area contributed by atoms with E-state index >= 15 is 0 Å². The van der Waals surface area contributed by atoms with Gasteiger partial charge in [-0.25, -0.2) is 4.79 Å². The lowest BCUT2D eigenvalue weighted by atomic mass is 10.1. The van der Waals surface area contributed by atoms with Gasteiger partial charge in [-0.2, -0.15) is 0 Å². The highest BCUT2D eigenvalue weighted by Gasteiger charge is 2.14. The molecule has 0 aliphatic carbocycles. The number of rotatable bonds is 3. The third-order valence-corrected chi connectivity index (χ3v) is 3.86. The van der Waals surface area contributed by atoms with Gasteiger partial charge in [-0.3, -0.25) is 4.79 Å². The number of carbonyl (C=O) groups is 1. The first-order valence-corrected chi connectivity index (χ1v) is 7.47. The van der Waals surface area contributed by atoms with Crippen molar-refractivity contribution in [3.05, 3.63) is 44.2 Å². The van der Waals surface area contributed by atoms with Gasteiger partial charge in [0.1, 0.15) is 5.58 Å².